The van der Waals surface area contributed by atoms with Crippen LogP contribution in [0.2, 0.25) is 0 Å². The van der Waals surface area contributed by atoms with Crippen molar-refractivity contribution in [3.05, 3.63) is 45.9 Å². The fourth-order valence-electron chi connectivity index (χ4n) is 2.50. The maximum Gasteiger partial charge on any atom is 0.151 e. The Morgan fingerprint density at radius 1 is 1.38 bits per heavy atom. The molecule has 2 aromatic heterocycles. The van der Waals surface area contributed by atoms with Crippen LogP contribution in [0.4, 0.5) is 4.39 Å². The molecule has 0 amide bonds. The van der Waals surface area contributed by atoms with Crippen molar-refractivity contribution in [1.82, 2.24) is 14.5 Å². The molecule has 3 aromatic rings. The second kappa shape index (κ2) is 5.73. The summed E-state index contributed by atoms with van der Waals surface area (Å²) in [6.07, 6.45) is 0.602. The summed E-state index contributed by atoms with van der Waals surface area (Å²) in [4.78, 5) is 8.98. The Morgan fingerprint density at radius 2 is 2.19 bits per heavy atom. The molecule has 2 heterocycles. The highest BCUT2D eigenvalue weighted by molar-refractivity contribution is 7.09. The molecule has 0 saturated heterocycles. The van der Waals surface area contributed by atoms with Crippen molar-refractivity contribution >= 4 is 34.0 Å². The van der Waals surface area contributed by atoms with Gasteiger partial charge in [-0.05, 0) is 26.0 Å². The summed E-state index contributed by atoms with van der Waals surface area (Å²) in [5.74, 6) is 0.948. The van der Waals surface area contributed by atoms with E-state index in [-0.39, 0.29) is 11.9 Å². The van der Waals surface area contributed by atoms with Crippen LogP contribution in [-0.2, 0) is 6.42 Å². The third-order valence-corrected chi connectivity index (χ3v) is 4.77. The number of rotatable bonds is 4. The zero-order valence-corrected chi connectivity index (χ0v) is 13.4. The number of alkyl halides is 1. The molecule has 0 saturated carbocycles. The number of hydrogen-bond acceptors (Lipinski definition) is 3. The molecule has 0 aliphatic rings. The third-order valence-electron chi connectivity index (χ3n) is 3.44. The van der Waals surface area contributed by atoms with Crippen LogP contribution in [0, 0.1) is 12.7 Å². The molecule has 0 radical (unpaired) electrons. The van der Waals surface area contributed by atoms with Crippen LogP contribution in [0.5, 0.6) is 0 Å². The lowest BCUT2D eigenvalue weighted by Gasteiger charge is -2.15. The van der Waals surface area contributed by atoms with Gasteiger partial charge in [0, 0.05) is 23.4 Å². The smallest absolute Gasteiger partial charge is 0.151 e. The fourth-order valence-corrected chi connectivity index (χ4v) is 3.51. The summed E-state index contributed by atoms with van der Waals surface area (Å²) < 4.78 is 16.0. The van der Waals surface area contributed by atoms with Gasteiger partial charge in [-0.1, -0.05) is 6.07 Å². The van der Waals surface area contributed by atoms with Crippen molar-refractivity contribution in [1.29, 1.82) is 0 Å². The van der Waals surface area contributed by atoms with E-state index in [2.05, 4.69) is 16.9 Å². The summed E-state index contributed by atoms with van der Waals surface area (Å²) in [7, 11) is 0. The van der Waals surface area contributed by atoms with Gasteiger partial charge in [-0.15, -0.1) is 22.9 Å². The molecule has 0 N–H and O–H groups in total. The zero-order chi connectivity index (χ0) is 15.0. The van der Waals surface area contributed by atoms with Crippen molar-refractivity contribution < 1.29 is 4.39 Å². The average Bonchev–Trinajstić information content (AvgIpc) is 3.03. The molecule has 1 aromatic carbocycles. The van der Waals surface area contributed by atoms with Gasteiger partial charge < -0.3 is 4.57 Å². The van der Waals surface area contributed by atoms with Crippen molar-refractivity contribution in [3.8, 4) is 0 Å². The largest absolute Gasteiger partial charge is 0.318 e. The van der Waals surface area contributed by atoms with Crippen LogP contribution in [0.1, 0.15) is 29.5 Å². The first-order chi connectivity index (χ1) is 10.1. The first kappa shape index (κ1) is 14.5. The standard InChI is InChI=1S/C15H15ClFN3S/c1-9-8-21-15(18-9)10(2)20-12-5-3-4-11(17)14(12)19-13(20)6-7-16/h3-5,8,10H,6-7H2,1-2H3. The molecule has 21 heavy (non-hydrogen) atoms. The van der Waals surface area contributed by atoms with E-state index in [4.69, 9.17) is 11.6 Å². The van der Waals surface area contributed by atoms with Gasteiger partial charge in [0.1, 0.15) is 16.3 Å². The Kier molecular flexibility index (Phi) is 3.95. The van der Waals surface area contributed by atoms with Crippen LogP contribution in [-0.4, -0.2) is 20.4 Å². The van der Waals surface area contributed by atoms with E-state index < -0.39 is 0 Å². The summed E-state index contributed by atoms with van der Waals surface area (Å²) >= 11 is 7.48. The molecule has 110 valence electrons. The Morgan fingerprint density at radius 3 is 2.86 bits per heavy atom. The Bertz CT molecular complexity index is 780. The zero-order valence-electron chi connectivity index (χ0n) is 11.8. The number of aryl methyl sites for hydroxylation is 2. The highest BCUT2D eigenvalue weighted by Crippen LogP contribution is 2.29. The van der Waals surface area contributed by atoms with E-state index in [0.29, 0.717) is 17.8 Å². The SMILES string of the molecule is Cc1csc(C(C)n2c(CCCl)nc3c(F)cccc32)n1. The average molecular weight is 324 g/mol. The number of thiazole rings is 1. The van der Waals surface area contributed by atoms with Gasteiger partial charge in [-0.3, -0.25) is 0 Å². The Hall–Kier alpha value is -1.46. The fraction of sp³-hybridized carbons (Fsp3) is 0.333. The minimum atomic E-state index is -0.301. The van der Waals surface area contributed by atoms with E-state index >= 15 is 0 Å². The first-order valence-electron chi connectivity index (χ1n) is 6.75. The second-order valence-electron chi connectivity index (χ2n) is 4.95. The molecule has 3 rings (SSSR count). The van der Waals surface area contributed by atoms with Crippen LogP contribution in [0.25, 0.3) is 11.0 Å². The lowest BCUT2D eigenvalue weighted by Crippen LogP contribution is -2.11. The molecule has 1 unspecified atom stereocenters. The van der Waals surface area contributed by atoms with Gasteiger partial charge in [-0.2, -0.15) is 0 Å². The Balaban J connectivity index is 2.19. The maximum atomic E-state index is 14.0. The highest BCUT2D eigenvalue weighted by atomic mass is 35.5. The predicted octanol–water partition coefficient (Wildman–Crippen LogP) is 4.33. The molecule has 1 atom stereocenters. The molecular formula is C15H15ClFN3S. The highest BCUT2D eigenvalue weighted by Gasteiger charge is 2.20. The van der Waals surface area contributed by atoms with Crippen molar-refractivity contribution in [3.63, 3.8) is 0 Å². The van der Waals surface area contributed by atoms with Gasteiger partial charge in [0.05, 0.1) is 11.6 Å². The number of para-hydroxylation sites is 1. The van der Waals surface area contributed by atoms with E-state index in [9.17, 15) is 4.39 Å². The van der Waals surface area contributed by atoms with Crippen LogP contribution in [0.3, 0.4) is 0 Å². The number of hydrogen-bond donors (Lipinski definition) is 0. The molecule has 0 spiro atoms. The number of imidazole rings is 1. The molecule has 6 heteroatoms. The number of aromatic nitrogens is 3. The van der Waals surface area contributed by atoms with Gasteiger partial charge in [0.2, 0.25) is 0 Å². The molecule has 3 nitrogen and oxygen atoms in total. The van der Waals surface area contributed by atoms with Gasteiger partial charge in [0.25, 0.3) is 0 Å². The van der Waals surface area contributed by atoms with Crippen molar-refractivity contribution in [2.45, 2.75) is 26.3 Å². The number of benzene rings is 1. The normalized spacial score (nSPS) is 13.0. The summed E-state index contributed by atoms with van der Waals surface area (Å²) in [5.41, 5.74) is 2.18. The van der Waals surface area contributed by atoms with Gasteiger partial charge >= 0.3 is 0 Å². The summed E-state index contributed by atoms with van der Waals surface area (Å²) in [6, 6.07) is 5.04. The lowest BCUT2D eigenvalue weighted by atomic mass is 10.2. The first-order valence-corrected chi connectivity index (χ1v) is 8.16. The minimum Gasteiger partial charge on any atom is -0.318 e. The molecule has 0 fully saturated rings. The molecular weight excluding hydrogens is 309 g/mol. The van der Waals surface area contributed by atoms with Crippen LogP contribution < -0.4 is 0 Å². The topological polar surface area (TPSA) is 30.7 Å². The number of nitrogens with zero attached hydrogens (tertiary/aromatic N) is 3. The van der Waals surface area contributed by atoms with E-state index in [0.717, 1.165) is 22.0 Å². The lowest BCUT2D eigenvalue weighted by molar-refractivity contribution is 0.619. The van der Waals surface area contributed by atoms with Gasteiger partial charge in [0.15, 0.2) is 5.82 Å². The molecule has 0 aliphatic carbocycles. The minimum absolute atomic E-state index is 0.00807. The summed E-state index contributed by atoms with van der Waals surface area (Å²) in [6.45, 7) is 4.03. The summed E-state index contributed by atoms with van der Waals surface area (Å²) in [5, 5.41) is 3.01. The monoisotopic (exact) mass is 323 g/mol. The number of fused-ring (bicyclic) bond motifs is 1. The predicted molar refractivity (Wildman–Crippen MR) is 84.8 cm³/mol. The Labute approximate surface area is 131 Å². The van der Waals surface area contributed by atoms with Crippen LogP contribution >= 0.6 is 22.9 Å². The van der Waals surface area contributed by atoms with Crippen LogP contribution in [0.15, 0.2) is 23.6 Å². The van der Waals surface area contributed by atoms with Crippen molar-refractivity contribution in [2.24, 2.45) is 0 Å². The van der Waals surface area contributed by atoms with E-state index in [1.54, 1.807) is 17.4 Å². The quantitative estimate of drug-likeness (QED) is 0.669. The molecule has 0 bridgehead atoms. The van der Waals surface area contributed by atoms with Crippen molar-refractivity contribution in [2.75, 3.05) is 5.88 Å². The van der Waals surface area contributed by atoms with Gasteiger partial charge in [-0.25, -0.2) is 14.4 Å². The van der Waals surface area contributed by atoms with E-state index in [1.165, 1.54) is 6.07 Å². The third kappa shape index (κ3) is 2.56. The molecule has 0 aliphatic heterocycles. The number of halogens is 2. The second-order valence-corrected chi connectivity index (χ2v) is 6.22. The van der Waals surface area contributed by atoms with E-state index in [1.807, 2.05) is 22.9 Å². The maximum absolute atomic E-state index is 14.0.